The quantitative estimate of drug-likeness (QED) is 0.769. The van der Waals surface area contributed by atoms with Crippen LogP contribution in [0, 0.1) is 0 Å². The van der Waals surface area contributed by atoms with Crippen molar-refractivity contribution in [3.05, 3.63) is 30.1 Å². The molecule has 0 saturated heterocycles. The molecule has 2 rings (SSSR count). The maximum absolute atomic E-state index is 11.8. The number of amides is 1. The molecule has 5 nitrogen and oxygen atoms in total. The second-order valence-corrected chi connectivity index (χ2v) is 5.74. The smallest absolute Gasteiger partial charge is 0.410 e. The second-order valence-electron chi connectivity index (χ2n) is 5.74. The zero-order chi connectivity index (χ0) is 14.0. The molecule has 19 heavy (non-hydrogen) atoms. The van der Waals surface area contributed by atoms with Gasteiger partial charge in [0.2, 0.25) is 0 Å². The topological polar surface area (TPSA) is 47.4 Å². The first-order chi connectivity index (χ1) is 8.93. The van der Waals surface area contributed by atoms with Gasteiger partial charge in [-0.1, -0.05) is 12.7 Å². The fourth-order valence-corrected chi connectivity index (χ4v) is 2.29. The molecule has 0 spiro atoms. The van der Waals surface area contributed by atoms with Gasteiger partial charge in [0.1, 0.15) is 6.61 Å². The van der Waals surface area contributed by atoms with Crippen molar-refractivity contribution in [2.45, 2.75) is 39.3 Å². The van der Waals surface area contributed by atoms with Gasteiger partial charge in [-0.2, -0.15) is 5.10 Å². The van der Waals surface area contributed by atoms with E-state index in [9.17, 15) is 4.79 Å². The SMILES string of the molecule is C=CCOC(=O)N1CCc2c(cnn2C(C)(C)C)C1. The van der Waals surface area contributed by atoms with E-state index in [4.69, 9.17) is 4.74 Å². The van der Waals surface area contributed by atoms with Crippen molar-refractivity contribution < 1.29 is 9.53 Å². The predicted molar refractivity (Wildman–Crippen MR) is 72.9 cm³/mol. The second kappa shape index (κ2) is 5.07. The number of nitrogens with zero attached hydrogens (tertiary/aromatic N) is 3. The molecule has 0 aromatic carbocycles. The van der Waals surface area contributed by atoms with Gasteiger partial charge >= 0.3 is 6.09 Å². The Morgan fingerprint density at radius 2 is 2.32 bits per heavy atom. The molecule has 0 fully saturated rings. The third-order valence-corrected chi connectivity index (χ3v) is 3.15. The molecule has 5 heteroatoms. The van der Waals surface area contributed by atoms with Gasteiger partial charge in [0, 0.05) is 24.2 Å². The molecule has 1 aromatic heterocycles. The Balaban J connectivity index is 2.11. The van der Waals surface area contributed by atoms with Crippen molar-refractivity contribution in [1.82, 2.24) is 14.7 Å². The van der Waals surface area contributed by atoms with Crippen LogP contribution >= 0.6 is 0 Å². The van der Waals surface area contributed by atoms with Crippen LogP contribution in [0.3, 0.4) is 0 Å². The molecule has 1 amide bonds. The summed E-state index contributed by atoms with van der Waals surface area (Å²) in [4.78, 5) is 13.5. The van der Waals surface area contributed by atoms with Crippen LogP contribution in [0.1, 0.15) is 32.0 Å². The lowest BCUT2D eigenvalue weighted by molar-refractivity contribution is 0.107. The highest BCUT2D eigenvalue weighted by molar-refractivity contribution is 5.68. The van der Waals surface area contributed by atoms with E-state index >= 15 is 0 Å². The predicted octanol–water partition coefficient (Wildman–Crippen LogP) is 2.32. The Bertz CT molecular complexity index is 485. The van der Waals surface area contributed by atoms with Crippen molar-refractivity contribution in [2.24, 2.45) is 0 Å². The van der Waals surface area contributed by atoms with Crippen LogP contribution in [-0.2, 0) is 23.2 Å². The van der Waals surface area contributed by atoms with Crippen LogP contribution in [0.2, 0.25) is 0 Å². The third-order valence-electron chi connectivity index (χ3n) is 3.15. The van der Waals surface area contributed by atoms with Gasteiger partial charge in [0.15, 0.2) is 0 Å². The van der Waals surface area contributed by atoms with Crippen molar-refractivity contribution in [3.8, 4) is 0 Å². The van der Waals surface area contributed by atoms with E-state index in [1.54, 1.807) is 11.0 Å². The van der Waals surface area contributed by atoms with Crippen LogP contribution < -0.4 is 0 Å². The van der Waals surface area contributed by atoms with Crippen molar-refractivity contribution in [2.75, 3.05) is 13.2 Å². The number of carbonyl (C=O) groups excluding carboxylic acids is 1. The lowest BCUT2D eigenvalue weighted by Gasteiger charge is -2.29. The van der Waals surface area contributed by atoms with Gasteiger partial charge in [0.25, 0.3) is 0 Å². The Morgan fingerprint density at radius 3 is 2.95 bits per heavy atom. The molecule has 1 aromatic rings. The highest BCUT2D eigenvalue weighted by atomic mass is 16.6. The monoisotopic (exact) mass is 263 g/mol. The van der Waals surface area contributed by atoms with E-state index in [1.165, 1.54) is 5.69 Å². The Hall–Kier alpha value is -1.78. The summed E-state index contributed by atoms with van der Waals surface area (Å²) in [6.45, 7) is 11.4. The zero-order valence-corrected chi connectivity index (χ0v) is 11.8. The Kier molecular flexibility index (Phi) is 3.64. The van der Waals surface area contributed by atoms with E-state index < -0.39 is 0 Å². The molecule has 0 N–H and O–H groups in total. The summed E-state index contributed by atoms with van der Waals surface area (Å²) in [5.41, 5.74) is 2.30. The molecule has 1 aliphatic rings. The Labute approximate surface area is 113 Å². The number of aromatic nitrogens is 2. The van der Waals surface area contributed by atoms with Crippen LogP contribution in [0.25, 0.3) is 0 Å². The van der Waals surface area contributed by atoms with E-state index in [1.807, 2.05) is 6.20 Å². The highest BCUT2D eigenvalue weighted by Gasteiger charge is 2.27. The zero-order valence-electron chi connectivity index (χ0n) is 11.8. The van der Waals surface area contributed by atoms with Gasteiger partial charge in [0.05, 0.1) is 18.3 Å². The minimum atomic E-state index is -0.283. The summed E-state index contributed by atoms with van der Waals surface area (Å²) < 4.78 is 7.11. The molecule has 0 radical (unpaired) electrons. The molecule has 0 saturated carbocycles. The number of carbonyl (C=O) groups is 1. The third kappa shape index (κ3) is 2.80. The van der Waals surface area contributed by atoms with Gasteiger partial charge in [-0.3, -0.25) is 4.68 Å². The van der Waals surface area contributed by atoms with E-state index in [0.717, 1.165) is 12.0 Å². The number of ether oxygens (including phenoxy) is 1. The number of fused-ring (bicyclic) bond motifs is 1. The maximum Gasteiger partial charge on any atom is 0.410 e. The number of hydrogen-bond donors (Lipinski definition) is 0. The molecule has 0 aliphatic carbocycles. The molecule has 0 atom stereocenters. The highest BCUT2D eigenvalue weighted by Crippen LogP contribution is 2.24. The largest absolute Gasteiger partial charge is 0.445 e. The molecule has 1 aliphatic heterocycles. The number of rotatable bonds is 2. The maximum atomic E-state index is 11.8. The standard InChI is InChI=1S/C14H21N3O2/c1-5-8-19-13(18)16-7-6-12-11(10-16)9-15-17(12)14(2,3)4/h5,9H,1,6-8,10H2,2-4H3. The first kappa shape index (κ1) is 13.6. The Morgan fingerprint density at radius 1 is 1.58 bits per heavy atom. The average Bonchev–Trinajstić information content (AvgIpc) is 2.78. The van der Waals surface area contributed by atoms with Gasteiger partial charge in [-0.25, -0.2) is 4.79 Å². The molecular weight excluding hydrogens is 242 g/mol. The van der Waals surface area contributed by atoms with Crippen LogP contribution in [0.15, 0.2) is 18.9 Å². The van der Waals surface area contributed by atoms with Crippen LogP contribution in [0.4, 0.5) is 4.79 Å². The van der Waals surface area contributed by atoms with Crippen molar-refractivity contribution in [1.29, 1.82) is 0 Å². The van der Waals surface area contributed by atoms with Crippen molar-refractivity contribution in [3.63, 3.8) is 0 Å². The van der Waals surface area contributed by atoms with Gasteiger partial charge in [-0.15, -0.1) is 0 Å². The van der Waals surface area contributed by atoms with E-state index in [0.29, 0.717) is 13.1 Å². The van der Waals surface area contributed by atoms with Crippen molar-refractivity contribution >= 4 is 6.09 Å². The van der Waals surface area contributed by atoms with Crippen LogP contribution in [0.5, 0.6) is 0 Å². The summed E-state index contributed by atoms with van der Waals surface area (Å²) in [5, 5.41) is 4.45. The number of hydrogen-bond acceptors (Lipinski definition) is 3. The lowest BCUT2D eigenvalue weighted by Crippen LogP contribution is -2.38. The fourth-order valence-electron chi connectivity index (χ4n) is 2.29. The van der Waals surface area contributed by atoms with Crippen LogP contribution in [-0.4, -0.2) is 33.9 Å². The molecule has 104 valence electrons. The fraction of sp³-hybridized carbons (Fsp3) is 0.571. The molecule has 0 unspecified atom stereocenters. The first-order valence-electron chi connectivity index (χ1n) is 6.52. The van der Waals surface area contributed by atoms with E-state index in [2.05, 4.69) is 37.1 Å². The summed E-state index contributed by atoms with van der Waals surface area (Å²) in [5.74, 6) is 0. The van der Waals surface area contributed by atoms with E-state index in [-0.39, 0.29) is 18.2 Å². The van der Waals surface area contributed by atoms with Gasteiger partial charge in [-0.05, 0) is 20.8 Å². The summed E-state index contributed by atoms with van der Waals surface area (Å²) in [7, 11) is 0. The normalized spacial score (nSPS) is 15.0. The minimum Gasteiger partial charge on any atom is -0.445 e. The summed E-state index contributed by atoms with van der Waals surface area (Å²) in [6.07, 6.45) is 3.96. The molecule has 0 bridgehead atoms. The average molecular weight is 263 g/mol. The first-order valence-corrected chi connectivity index (χ1v) is 6.52. The molecule has 2 heterocycles. The summed E-state index contributed by atoms with van der Waals surface area (Å²) >= 11 is 0. The molecular formula is C14H21N3O2. The lowest BCUT2D eigenvalue weighted by atomic mass is 10.0. The minimum absolute atomic E-state index is 0.0287. The summed E-state index contributed by atoms with van der Waals surface area (Å²) in [6, 6.07) is 0. The van der Waals surface area contributed by atoms with Gasteiger partial charge < -0.3 is 9.64 Å².